The first-order chi connectivity index (χ1) is 3.80. The molecule has 4 heteroatoms. The van der Waals surface area contributed by atoms with E-state index in [4.69, 9.17) is 5.73 Å². The summed E-state index contributed by atoms with van der Waals surface area (Å²) in [6, 6.07) is 0. The Bertz CT molecular complexity index is 167. The Morgan fingerprint density at radius 3 is 2.38 bits per heavy atom. The van der Waals surface area contributed by atoms with Gasteiger partial charge in [-0.3, -0.25) is 0 Å². The van der Waals surface area contributed by atoms with Crippen LogP contribution in [0.3, 0.4) is 0 Å². The number of nitrogen functional groups attached to an aromatic ring is 1. The molecule has 0 saturated carbocycles. The maximum Gasteiger partial charge on any atom is 0.156 e. The molecule has 1 rings (SSSR count). The monoisotopic (exact) mass is 173 g/mol. The average Bonchev–Trinajstić information content (AvgIpc) is 1.77. The molecule has 42 valence electrons. The van der Waals surface area contributed by atoms with E-state index in [2.05, 4.69) is 25.9 Å². The second-order valence-electron chi connectivity index (χ2n) is 1.23. The second-order valence-corrected chi connectivity index (χ2v) is 1.98. The summed E-state index contributed by atoms with van der Waals surface area (Å²) in [7, 11) is 0. The highest BCUT2D eigenvalue weighted by atomic mass is 79.9. The van der Waals surface area contributed by atoms with E-state index in [0.717, 1.165) is 0 Å². The van der Waals surface area contributed by atoms with Gasteiger partial charge in [0, 0.05) is 12.4 Å². The van der Waals surface area contributed by atoms with Crippen molar-refractivity contribution in [2.45, 2.75) is 0 Å². The third kappa shape index (κ3) is 0.949. The van der Waals surface area contributed by atoms with Gasteiger partial charge in [-0.15, -0.1) is 0 Å². The number of hydrogen-bond donors (Lipinski definition) is 1. The van der Waals surface area contributed by atoms with Crippen molar-refractivity contribution in [3.8, 4) is 0 Å². The van der Waals surface area contributed by atoms with Crippen LogP contribution in [-0.4, -0.2) is 9.97 Å². The molecule has 0 atom stereocenters. The van der Waals surface area contributed by atoms with E-state index in [1.54, 1.807) is 12.4 Å². The van der Waals surface area contributed by atoms with Gasteiger partial charge in [0.2, 0.25) is 0 Å². The van der Waals surface area contributed by atoms with Crippen molar-refractivity contribution < 1.29 is 0 Å². The first-order valence-electron chi connectivity index (χ1n) is 2.02. The zero-order valence-electron chi connectivity index (χ0n) is 4.00. The normalized spacial score (nSPS) is 9.12. The van der Waals surface area contributed by atoms with Crippen LogP contribution in [0.25, 0.3) is 0 Å². The first-order valence-corrected chi connectivity index (χ1v) is 2.82. The molecule has 0 aliphatic carbocycles. The van der Waals surface area contributed by atoms with E-state index in [1.807, 2.05) is 0 Å². The third-order valence-corrected chi connectivity index (χ3v) is 1.29. The van der Waals surface area contributed by atoms with Crippen LogP contribution >= 0.6 is 15.9 Å². The summed E-state index contributed by atoms with van der Waals surface area (Å²) in [4.78, 5) is 7.55. The molecule has 3 nitrogen and oxygen atoms in total. The zero-order valence-corrected chi connectivity index (χ0v) is 5.59. The predicted octanol–water partition coefficient (Wildman–Crippen LogP) is 0.821. The van der Waals surface area contributed by atoms with Crippen molar-refractivity contribution >= 4 is 21.7 Å². The van der Waals surface area contributed by atoms with Crippen molar-refractivity contribution in [1.82, 2.24) is 9.97 Å². The fourth-order valence-corrected chi connectivity index (χ4v) is 0.552. The standard InChI is InChI=1S/C4H4BrN3/c5-3-4(6)8-2-1-7-3/h1-2H,(H2,6,8). The SMILES string of the molecule is Nc1nccnc1Br. The van der Waals surface area contributed by atoms with Gasteiger partial charge >= 0.3 is 0 Å². The van der Waals surface area contributed by atoms with Gasteiger partial charge in [-0.2, -0.15) is 0 Å². The Balaban J connectivity index is 3.13. The Morgan fingerprint density at radius 2 is 2.00 bits per heavy atom. The van der Waals surface area contributed by atoms with Crippen LogP contribution < -0.4 is 5.73 Å². The molecule has 2 N–H and O–H groups in total. The molecule has 0 fully saturated rings. The van der Waals surface area contributed by atoms with Gasteiger partial charge in [-0.25, -0.2) is 9.97 Å². The van der Waals surface area contributed by atoms with Crippen LogP contribution in [0.4, 0.5) is 5.82 Å². The van der Waals surface area contributed by atoms with Gasteiger partial charge in [0.1, 0.15) is 4.60 Å². The molecule has 0 bridgehead atoms. The molecule has 1 aromatic rings. The molecule has 1 aromatic heterocycles. The summed E-state index contributed by atoms with van der Waals surface area (Å²) in [6.07, 6.45) is 3.11. The minimum atomic E-state index is 0.424. The van der Waals surface area contributed by atoms with Crippen molar-refractivity contribution in [2.75, 3.05) is 5.73 Å². The van der Waals surface area contributed by atoms with Crippen LogP contribution in [0.1, 0.15) is 0 Å². The Kier molecular flexibility index (Phi) is 1.43. The lowest BCUT2D eigenvalue weighted by molar-refractivity contribution is 1.18. The van der Waals surface area contributed by atoms with E-state index < -0.39 is 0 Å². The molecule has 8 heavy (non-hydrogen) atoms. The van der Waals surface area contributed by atoms with Gasteiger partial charge in [-0.1, -0.05) is 0 Å². The highest BCUT2D eigenvalue weighted by Crippen LogP contribution is 2.09. The van der Waals surface area contributed by atoms with Gasteiger partial charge in [-0.05, 0) is 15.9 Å². The Morgan fingerprint density at radius 1 is 1.38 bits per heavy atom. The van der Waals surface area contributed by atoms with Crippen LogP contribution in [0.5, 0.6) is 0 Å². The number of nitrogens with zero attached hydrogens (tertiary/aromatic N) is 2. The van der Waals surface area contributed by atoms with E-state index >= 15 is 0 Å². The number of rotatable bonds is 0. The summed E-state index contributed by atoms with van der Waals surface area (Å²) in [5.74, 6) is 0.424. The quantitative estimate of drug-likeness (QED) is 0.633. The number of hydrogen-bond acceptors (Lipinski definition) is 3. The fourth-order valence-electron chi connectivity index (χ4n) is 0.332. The van der Waals surface area contributed by atoms with Crippen LogP contribution in [-0.2, 0) is 0 Å². The number of nitrogens with two attached hydrogens (primary N) is 1. The minimum Gasteiger partial charge on any atom is -0.381 e. The van der Waals surface area contributed by atoms with Gasteiger partial charge in [0.05, 0.1) is 0 Å². The Labute approximate surface area is 55.1 Å². The molecule has 0 aromatic carbocycles. The lowest BCUT2D eigenvalue weighted by atomic mass is 10.7. The lowest BCUT2D eigenvalue weighted by Gasteiger charge is -1.89. The summed E-state index contributed by atoms with van der Waals surface area (Å²) in [6.45, 7) is 0. The minimum absolute atomic E-state index is 0.424. The molecule has 0 aliphatic rings. The maximum absolute atomic E-state index is 5.30. The summed E-state index contributed by atoms with van der Waals surface area (Å²) in [5.41, 5.74) is 5.30. The molecule has 0 unspecified atom stereocenters. The lowest BCUT2D eigenvalue weighted by Crippen LogP contribution is -1.91. The summed E-state index contributed by atoms with van der Waals surface area (Å²) >= 11 is 3.10. The van der Waals surface area contributed by atoms with E-state index in [1.165, 1.54) is 0 Å². The van der Waals surface area contributed by atoms with Crippen molar-refractivity contribution in [3.05, 3.63) is 17.0 Å². The molecule has 0 amide bonds. The van der Waals surface area contributed by atoms with Crippen molar-refractivity contribution in [3.63, 3.8) is 0 Å². The van der Waals surface area contributed by atoms with Gasteiger partial charge in [0.25, 0.3) is 0 Å². The molecule has 1 heterocycles. The van der Waals surface area contributed by atoms with Crippen molar-refractivity contribution in [1.29, 1.82) is 0 Å². The predicted molar refractivity (Wildman–Crippen MR) is 34.1 cm³/mol. The molecule has 0 radical (unpaired) electrons. The molecular formula is C4H4BrN3. The highest BCUT2D eigenvalue weighted by molar-refractivity contribution is 9.10. The third-order valence-electron chi connectivity index (χ3n) is 0.680. The maximum atomic E-state index is 5.30. The average molecular weight is 174 g/mol. The van der Waals surface area contributed by atoms with Crippen LogP contribution in [0.15, 0.2) is 17.0 Å². The van der Waals surface area contributed by atoms with E-state index in [0.29, 0.717) is 10.4 Å². The Hall–Kier alpha value is -0.640. The zero-order chi connectivity index (χ0) is 5.98. The number of aromatic nitrogens is 2. The van der Waals surface area contributed by atoms with Crippen LogP contribution in [0, 0.1) is 0 Å². The van der Waals surface area contributed by atoms with E-state index in [-0.39, 0.29) is 0 Å². The van der Waals surface area contributed by atoms with Gasteiger partial charge < -0.3 is 5.73 Å². The number of halogens is 1. The molecule has 0 aliphatic heterocycles. The van der Waals surface area contributed by atoms with E-state index in [9.17, 15) is 0 Å². The fraction of sp³-hybridized carbons (Fsp3) is 0. The van der Waals surface area contributed by atoms with Crippen LogP contribution in [0.2, 0.25) is 0 Å². The summed E-state index contributed by atoms with van der Waals surface area (Å²) in [5, 5.41) is 0. The topological polar surface area (TPSA) is 51.8 Å². The molecule has 0 saturated heterocycles. The van der Waals surface area contributed by atoms with Crippen molar-refractivity contribution in [2.24, 2.45) is 0 Å². The molecule has 0 spiro atoms. The molecular weight excluding hydrogens is 170 g/mol. The largest absolute Gasteiger partial charge is 0.381 e. The van der Waals surface area contributed by atoms with Gasteiger partial charge in [0.15, 0.2) is 5.82 Å². The summed E-state index contributed by atoms with van der Waals surface area (Å²) < 4.78 is 0.597. The number of anilines is 1. The first kappa shape index (κ1) is 5.50. The second kappa shape index (κ2) is 2.09. The smallest absolute Gasteiger partial charge is 0.156 e. The highest BCUT2D eigenvalue weighted by Gasteiger charge is 1.90.